The average Bonchev–Trinajstić information content (AvgIpc) is 2.25. The van der Waals surface area contributed by atoms with E-state index in [0.29, 0.717) is 5.92 Å². The summed E-state index contributed by atoms with van der Waals surface area (Å²) in [5.41, 5.74) is 1.36. The number of halogens is 1. The van der Waals surface area contributed by atoms with Gasteiger partial charge in [0.25, 0.3) is 0 Å². The van der Waals surface area contributed by atoms with Gasteiger partial charge in [-0.2, -0.15) is 0 Å². The van der Waals surface area contributed by atoms with Crippen molar-refractivity contribution >= 4 is 22.6 Å². The molecule has 2 unspecified atom stereocenters. The summed E-state index contributed by atoms with van der Waals surface area (Å²) in [7, 11) is 0. The highest BCUT2D eigenvalue weighted by atomic mass is 127. The van der Waals surface area contributed by atoms with Gasteiger partial charge in [0.05, 0.1) is 6.10 Å². The lowest BCUT2D eigenvalue weighted by Gasteiger charge is -2.27. The van der Waals surface area contributed by atoms with Crippen molar-refractivity contribution in [1.82, 2.24) is 0 Å². The minimum atomic E-state index is -0.0713. The maximum Gasteiger partial charge on any atom is 0.0571 e. The first-order valence-electron chi connectivity index (χ1n) is 5.68. The van der Waals surface area contributed by atoms with E-state index < -0.39 is 0 Å². The van der Waals surface area contributed by atoms with Crippen LogP contribution in [0.2, 0.25) is 0 Å². The molecule has 82 valence electrons. The molecule has 0 radical (unpaired) electrons. The predicted octanol–water partition coefficient (Wildman–Crippen LogP) is 3.38. The molecular formula is C13H17IO. The second-order valence-electron chi connectivity index (χ2n) is 4.44. The Morgan fingerprint density at radius 3 is 2.47 bits per heavy atom. The maximum absolute atomic E-state index is 9.88. The highest BCUT2D eigenvalue weighted by Crippen LogP contribution is 2.27. The zero-order chi connectivity index (χ0) is 10.7. The fourth-order valence-electron chi connectivity index (χ4n) is 2.35. The van der Waals surface area contributed by atoms with E-state index in [0.717, 1.165) is 12.8 Å². The average molecular weight is 316 g/mol. The molecule has 0 saturated heterocycles. The second-order valence-corrected chi connectivity index (χ2v) is 5.69. The van der Waals surface area contributed by atoms with E-state index in [1.54, 1.807) is 0 Å². The Balaban J connectivity index is 1.98. The monoisotopic (exact) mass is 316 g/mol. The van der Waals surface area contributed by atoms with Crippen molar-refractivity contribution in [2.75, 3.05) is 0 Å². The normalized spacial score (nSPS) is 26.5. The Kier molecular flexibility index (Phi) is 4.03. The van der Waals surface area contributed by atoms with Gasteiger partial charge in [-0.3, -0.25) is 0 Å². The Morgan fingerprint density at radius 1 is 1.13 bits per heavy atom. The fraction of sp³-hybridized carbons (Fsp3) is 0.538. The maximum atomic E-state index is 9.88. The third-order valence-electron chi connectivity index (χ3n) is 3.28. The predicted molar refractivity (Wildman–Crippen MR) is 70.8 cm³/mol. The third-order valence-corrected chi connectivity index (χ3v) is 4.00. The van der Waals surface area contributed by atoms with E-state index >= 15 is 0 Å². The minimum absolute atomic E-state index is 0.0713. The van der Waals surface area contributed by atoms with Crippen LogP contribution in [0.3, 0.4) is 0 Å². The largest absolute Gasteiger partial charge is 0.393 e. The summed E-state index contributed by atoms with van der Waals surface area (Å²) in [5.74, 6) is 0.485. The summed E-state index contributed by atoms with van der Waals surface area (Å²) < 4.78 is 1.28. The quantitative estimate of drug-likeness (QED) is 0.829. The molecule has 1 aromatic carbocycles. The SMILES string of the molecule is OC1CCCCC1Cc1ccc(I)cc1. The van der Waals surface area contributed by atoms with Crippen LogP contribution in [-0.2, 0) is 6.42 Å². The van der Waals surface area contributed by atoms with Crippen LogP contribution >= 0.6 is 22.6 Å². The van der Waals surface area contributed by atoms with Gasteiger partial charge in [0.2, 0.25) is 0 Å². The van der Waals surface area contributed by atoms with Crippen LogP contribution in [0.1, 0.15) is 31.2 Å². The van der Waals surface area contributed by atoms with E-state index in [1.165, 1.54) is 28.4 Å². The molecule has 2 atom stereocenters. The smallest absolute Gasteiger partial charge is 0.0571 e. The minimum Gasteiger partial charge on any atom is -0.393 e. The van der Waals surface area contributed by atoms with Crippen molar-refractivity contribution in [1.29, 1.82) is 0 Å². The molecule has 1 aliphatic rings. The van der Waals surface area contributed by atoms with Gasteiger partial charge < -0.3 is 5.11 Å². The molecule has 1 fully saturated rings. The molecule has 1 saturated carbocycles. The van der Waals surface area contributed by atoms with Crippen LogP contribution in [0.5, 0.6) is 0 Å². The molecule has 0 spiro atoms. The Bertz CT molecular complexity index is 307. The molecule has 0 aromatic heterocycles. The first-order valence-corrected chi connectivity index (χ1v) is 6.76. The van der Waals surface area contributed by atoms with Crippen LogP contribution in [0.15, 0.2) is 24.3 Å². The summed E-state index contributed by atoms with van der Waals surface area (Å²) in [5, 5.41) is 9.88. The molecule has 0 aliphatic heterocycles. The number of hydrogen-bond donors (Lipinski definition) is 1. The Morgan fingerprint density at radius 2 is 1.80 bits per heavy atom. The van der Waals surface area contributed by atoms with Crippen LogP contribution in [0.4, 0.5) is 0 Å². The Labute approximate surface area is 105 Å². The molecule has 1 nitrogen and oxygen atoms in total. The molecule has 0 amide bonds. The van der Waals surface area contributed by atoms with Crippen molar-refractivity contribution in [3.63, 3.8) is 0 Å². The zero-order valence-corrected chi connectivity index (χ0v) is 11.0. The molecule has 2 rings (SSSR count). The van der Waals surface area contributed by atoms with Crippen LogP contribution < -0.4 is 0 Å². The summed E-state index contributed by atoms with van der Waals surface area (Å²) in [6.45, 7) is 0. The molecule has 0 heterocycles. The summed E-state index contributed by atoms with van der Waals surface area (Å²) in [6, 6.07) is 8.66. The van der Waals surface area contributed by atoms with Crippen LogP contribution in [0, 0.1) is 9.49 Å². The van der Waals surface area contributed by atoms with Crippen molar-refractivity contribution in [2.24, 2.45) is 5.92 Å². The van der Waals surface area contributed by atoms with E-state index in [2.05, 4.69) is 46.9 Å². The number of hydrogen-bond acceptors (Lipinski definition) is 1. The summed E-state index contributed by atoms with van der Waals surface area (Å²) in [4.78, 5) is 0. The topological polar surface area (TPSA) is 20.2 Å². The van der Waals surface area contributed by atoms with Gasteiger partial charge in [-0.15, -0.1) is 0 Å². The van der Waals surface area contributed by atoms with Gasteiger partial charge in [0, 0.05) is 3.57 Å². The lowest BCUT2D eigenvalue weighted by atomic mass is 9.82. The van der Waals surface area contributed by atoms with Crippen molar-refractivity contribution in [2.45, 2.75) is 38.2 Å². The highest BCUT2D eigenvalue weighted by Gasteiger charge is 2.22. The molecule has 1 aromatic rings. The first-order chi connectivity index (χ1) is 7.25. The summed E-state index contributed by atoms with van der Waals surface area (Å²) >= 11 is 2.32. The molecule has 0 bridgehead atoms. The molecule has 1 N–H and O–H groups in total. The second kappa shape index (κ2) is 5.30. The number of aliphatic hydroxyl groups is 1. The van der Waals surface area contributed by atoms with Gasteiger partial charge in [-0.05, 0) is 65.5 Å². The van der Waals surface area contributed by atoms with Gasteiger partial charge in [0.15, 0.2) is 0 Å². The molecule has 15 heavy (non-hydrogen) atoms. The highest BCUT2D eigenvalue weighted by molar-refractivity contribution is 14.1. The van der Waals surface area contributed by atoms with Crippen LogP contribution in [0.25, 0.3) is 0 Å². The van der Waals surface area contributed by atoms with Gasteiger partial charge in [-0.25, -0.2) is 0 Å². The van der Waals surface area contributed by atoms with Gasteiger partial charge in [0.1, 0.15) is 0 Å². The number of aliphatic hydroxyl groups excluding tert-OH is 1. The van der Waals surface area contributed by atoms with Crippen molar-refractivity contribution < 1.29 is 5.11 Å². The molecule has 1 aliphatic carbocycles. The van der Waals surface area contributed by atoms with Crippen molar-refractivity contribution in [3.05, 3.63) is 33.4 Å². The van der Waals surface area contributed by atoms with Crippen LogP contribution in [-0.4, -0.2) is 11.2 Å². The standard InChI is InChI=1S/C13H17IO/c14-12-7-5-10(6-8-12)9-11-3-1-2-4-13(11)15/h5-8,11,13,15H,1-4,9H2. The van der Waals surface area contributed by atoms with E-state index in [9.17, 15) is 5.11 Å². The van der Waals surface area contributed by atoms with Crippen molar-refractivity contribution in [3.8, 4) is 0 Å². The lowest BCUT2D eigenvalue weighted by Crippen LogP contribution is -2.26. The zero-order valence-electron chi connectivity index (χ0n) is 8.82. The first kappa shape index (κ1) is 11.4. The molecular weight excluding hydrogens is 299 g/mol. The van der Waals surface area contributed by atoms with Gasteiger partial charge >= 0.3 is 0 Å². The molecule has 2 heteroatoms. The number of benzene rings is 1. The van der Waals surface area contributed by atoms with E-state index in [4.69, 9.17) is 0 Å². The summed E-state index contributed by atoms with van der Waals surface area (Å²) in [6.07, 6.45) is 5.63. The Hall–Kier alpha value is -0.0900. The lowest BCUT2D eigenvalue weighted by molar-refractivity contribution is 0.0700. The van der Waals surface area contributed by atoms with E-state index in [-0.39, 0.29) is 6.10 Å². The third kappa shape index (κ3) is 3.18. The van der Waals surface area contributed by atoms with Gasteiger partial charge in [-0.1, -0.05) is 25.0 Å². The number of rotatable bonds is 2. The fourth-order valence-corrected chi connectivity index (χ4v) is 2.71. The van der Waals surface area contributed by atoms with E-state index in [1.807, 2.05) is 0 Å².